The molecule has 1 heterocycles. The minimum absolute atomic E-state index is 0.0200. The average Bonchev–Trinajstić information content (AvgIpc) is 3.00. The van der Waals surface area contributed by atoms with Crippen LogP contribution in [0.2, 0.25) is 0 Å². The highest BCUT2D eigenvalue weighted by Gasteiger charge is 2.46. The van der Waals surface area contributed by atoms with Crippen molar-refractivity contribution in [3.63, 3.8) is 0 Å². The Balaban J connectivity index is 1.94. The zero-order valence-corrected chi connectivity index (χ0v) is 15.7. The molecule has 1 N–H and O–H groups in total. The molecule has 4 rings (SSSR count). The van der Waals surface area contributed by atoms with E-state index in [0.717, 1.165) is 5.56 Å². The number of benzene rings is 3. The van der Waals surface area contributed by atoms with E-state index < -0.39 is 23.5 Å². The first-order valence-corrected chi connectivity index (χ1v) is 9.16. The standard InChI is InChI=1S/C24H18FNO3/c1-15-7-13-19(14-8-15)26-21(16-9-11-18(25)12-10-16)20(23(28)24(26)29)22(27)17-5-3-2-4-6-17/h2-14,21,27H,1H3. The van der Waals surface area contributed by atoms with Crippen LogP contribution >= 0.6 is 0 Å². The second-order valence-corrected chi connectivity index (χ2v) is 6.92. The number of aryl methyl sites for hydroxylation is 1. The van der Waals surface area contributed by atoms with Crippen LogP contribution < -0.4 is 4.90 Å². The first-order chi connectivity index (χ1) is 14.0. The van der Waals surface area contributed by atoms with Crippen LogP contribution in [0, 0.1) is 12.7 Å². The number of anilines is 1. The summed E-state index contributed by atoms with van der Waals surface area (Å²) in [6, 6.07) is 20.5. The predicted octanol–water partition coefficient (Wildman–Crippen LogP) is 4.76. The Kier molecular flexibility index (Phi) is 4.72. The van der Waals surface area contributed by atoms with Crippen LogP contribution in [0.5, 0.6) is 0 Å². The molecule has 1 aliphatic heterocycles. The third-order valence-corrected chi connectivity index (χ3v) is 4.99. The van der Waals surface area contributed by atoms with Crippen molar-refractivity contribution in [2.45, 2.75) is 13.0 Å². The Labute approximate surface area is 167 Å². The van der Waals surface area contributed by atoms with E-state index >= 15 is 0 Å². The van der Waals surface area contributed by atoms with Gasteiger partial charge in [0.1, 0.15) is 11.6 Å². The molecule has 0 bridgehead atoms. The summed E-state index contributed by atoms with van der Waals surface area (Å²) in [5, 5.41) is 10.9. The summed E-state index contributed by atoms with van der Waals surface area (Å²) in [5.41, 5.74) is 2.48. The second-order valence-electron chi connectivity index (χ2n) is 6.92. The van der Waals surface area contributed by atoms with Crippen LogP contribution in [0.3, 0.4) is 0 Å². The van der Waals surface area contributed by atoms with Crippen LogP contribution in [0.15, 0.2) is 84.4 Å². The van der Waals surface area contributed by atoms with Crippen LogP contribution in [0.1, 0.15) is 22.7 Å². The van der Waals surface area contributed by atoms with Gasteiger partial charge in [-0.2, -0.15) is 0 Å². The highest BCUT2D eigenvalue weighted by atomic mass is 19.1. The molecule has 0 saturated carbocycles. The fraction of sp³-hybridized carbons (Fsp3) is 0.0833. The zero-order chi connectivity index (χ0) is 20.5. The number of nitrogens with zero attached hydrogens (tertiary/aromatic N) is 1. The lowest BCUT2D eigenvalue weighted by atomic mass is 9.95. The molecule has 1 atom stereocenters. The summed E-state index contributed by atoms with van der Waals surface area (Å²) < 4.78 is 13.5. The molecule has 1 aliphatic rings. The molecule has 0 aliphatic carbocycles. The SMILES string of the molecule is Cc1ccc(N2C(=O)C(=O)C(=C(O)c3ccccc3)C2c2ccc(F)cc2)cc1. The van der Waals surface area contributed by atoms with Crippen LogP contribution in [0.4, 0.5) is 10.1 Å². The summed E-state index contributed by atoms with van der Waals surface area (Å²) in [4.78, 5) is 27.2. The van der Waals surface area contributed by atoms with Gasteiger partial charge in [0.2, 0.25) is 0 Å². The number of ketones is 1. The molecule has 0 aromatic heterocycles. The number of halogens is 1. The third kappa shape index (κ3) is 3.31. The average molecular weight is 387 g/mol. The molecule has 0 radical (unpaired) electrons. The normalized spacial score (nSPS) is 18.3. The Morgan fingerprint density at radius 2 is 1.52 bits per heavy atom. The van der Waals surface area contributed by atoms with Gasteiger partial charge in [0.15, 0.2) is 0 Å². The van der Waals surface area contributed by atoms with Crippen LogP contribution in [-0.4, -0.2) is 16.8 Å². The monoisotopic (exact) mass is 387 g/mol. The van der Waals surface area contributed by atoms with Crippen molar-refractivity contribution < 1.29 is 19.1 Å². The maximum Gasteiger partial charge on any atom is 0.300 e. The number of aliphatic hydroxyl groups is 1. The Bertz CT molecular complexity index is 1100. The molecule has 5 heteroatoms. The molecule has 3 aromatic carbocycles. The summed E-state index contributed by atoms with van der Waals surface area (Å²) in [5.74, 6) is -2.20. The molecule has 0 spiro atoms. The van der Waals surface area contributed by atoms with Gasteiger partial charge in [-0.15, -0.1) is 0 Å². The van der Waals surface area contributed by atoms with E-state index in [-0.39, 0.29) is 11.3 Å². The van der Waals surface area contributed by atoms with Crippen molar-refractivity contribution in [1.29, 1.82) is 0 Å². The number of carbonyl (C=O) groups is 2. The molecule has 1 saturated heterocycles. The van der Waals surface area contributed by atoms with Crippen molar-refractivity contribution in [2.24, 2.45) is 0 Å². The third-order valence-electron chi connectivity index (χ3n) is 4.99. The highest BCUT2D eigenvalue weighted by Crippen LogP contribution is 2.42. The van der Waals surface area contributed by atoms with Crippen LogP contribution in [-0.2, 0) is 9.59 Å². The first-order valence-electron chi connectivity index (χ1n) is 9.16. The van der Waals surface area contributed by atoms with Gasteiger partial charge in [-0.1, -0.05) is 60.2 Å². The van der Waals surface area contributed by atoms with Gasteiger partial charge in [0.05, 0.1) is 11.6 Å². The van der Waals surface area contributed by atoms with Crippen molar-refractivity contribution in [2.75, 3.05) is 4.90 Å². The van der Waals surface area contributed by atoms with E-state index in [1.165, 1.54) is 29.2 Å². The molecule has 3 aromatic rings. The van der Waals surface area contributed by atoms with Gasteiger partial charge in [-0.25, -0.2) is 4.39 Å². The summed E-state index contributed by atoms with van der Waals surface area (Å²) in [6.45, 7) is 1.92. The van der Waals surface area contributed by atoms with Crippen molar-refractivity contribution in [1.82, 2.24) is 0 Å². The lowest BCUT2D eigenvalue weighted by Gasteiger charge is -2.25. The maximum atomic E-state index is 13.5. The first kappa shape index (κ1) is 18.6. The molecule has 4 nitrogen and oxygen atoms in total. The maximum absolute atomic E-state index is 13.5. The van der Waals surface area contributed by atoms with Crippen molar-refractivity contribution in [3.05, 3.63) is 107 Å². The quantitative estimate of drug-likeness (QED) is 0.400. The summed E-state index contributed by atoms with van der Waals surface area (Å²) >= 11 is 0. The number of hydrogen-bond acceptors (Lipinski definition) is 3. The minimum Gasteiger partial charge on any atom is -0.507 e. The van der Waals surface area contributed by atoms with E-state index in [4.69, 9.17) is 0 Å². The smallest absolute Gasteiger partial charge is 0.300 e. The number of hydrogen-bond donors (Lipinski definition) is 1. The van der Waals surface area contributed by atoms with E-state index in [1.54, 1.807) is 42.5 Å². The number of aliphatic hydroxyl groups excluding tert-OH is 1. The van der Waals surface area contributed by atoms with Gasteiger partial charge < -0.3 is 5.11 Å². The fourth-order valence-corrected chi connectivity index (χ4v) is 3.52. The Hall–Kier alpha value is -3.73. The Morgan fingerprint density at radius 1 is 0.897 bits per heavy atom. The van der Waals surface area contributed by atoms with Gasteiger partial charge in [0, 0.05) is 11.3 Å². The molecule has 1 amide bonds. The molecule has 1 unspecified atom stereocenters. The second kappa shape index (κ2) is 7.36. The summed E-state index contributed by atoms with van der Waals surface area (Å²) in [6.07, 6.45) is 0. The largest absolute Gasteiger partial charge is 0.507 e. The molecule has 29 heavy (non-hydrogen) atoms. The van der Waals surface area contributed by atoms with E-state index in [0.29, 0.717) is 16.8 Å². The summed E-state index contributed by atoms with van der Waals surface area (Å²) in [7, 11) is 0. The lowest BCUT2D eigenvalue weighted by Crippen LogP contribution is -2.29. The number of Topliss-reactive ketones (excluding diaryl/α,β-unsaturated/α-hetero) is 1. The predicted molar refractivity (Wildman–Crippen MR) is 109 cm³/mol. The zero-order valence-electron chi connectivity index (χ0n) is 15.7. The van der Waals surface area contributed by atoms with E-state index in [9.17, 15) is 19.1 Å². The topological polar surface area (TPSA) is 57.6 Å². The van der Waals surface area contributed by atoms with Gasteiger partial charge >= 0.3 is 0 Å². The number of rotatable bonds is 3. The minimum atomic E-state index is -0.862. The molecular formula is C24H18FNO3. The fourth-order valence-electron chi connectivity index (χ4n) is 3.52. The molecule has 144 valence electrons. The van der Waals surface area contributed by atoms with E-state index in [2.05, 4.69) is 0 Å². The number of carbonyl (C=O) groups excluding carboxylic acids is 2. The van der Waals surface area contributed by atoms with Crippen LogP contribution in [0.25, 0.3) is 5.76 Å². The van der Waals surface area contributed by atoms with Gasteiger partial charge in [-0.05, 0) is 36.8 Å². The number of amides is 1. The molecule has 1 fully saturated rings. The van der Waals surface area contributed by atoms with Gasteiger partial charge in [-0.3, -0.25) is 14.5 Å². The molecular weight excluding hydrogens is 369 g/mol. The lowest BCUT2D eigenvalue weighted by molar-refractivity contribution is -0.132. The Morgan fingerprint density at radius 3 is 2.14 bits per heavy atom. The van der Waals surface area contributed by atoms with Crippen molar-refractivity contribution >= 4 is 23.1 Å². The van der Waals surface area contributed by atoms with Gasteiger partial charge in [0.25, 0.3) is 11.7 Å². The highest BCUT2D eigenvalue weighted by molar-refractivity contribution is 6.51. The van der Waals surface area contributed by atoms with E-state index in [1.807, 2.05) is 19.1 Å². The van der Waals surface area contributed by atoms with Crippen molar-refractivity contribution in [3.8, 4) is 0 Å².